The quantitative estimate of drug-likeness (QED) is 0.931. The Kier molecular flexibility index (Phi) is 4.04. The van der Waals surface area contributed by atoms with Crippen LogP contribution < -0.4 is 4.74 Å². The van der Waals surface area contributed by atoms with Gasteiger partial charge in [0.1, 0.15) is 5.75 Å². The van der Waals surface area contributed by atoms with Crippen molar-refractivity contribution < 1.29 is 14.6 Å². The number of fused-ring (bicyclic) bond motifs is 1. The molecule has 1 heterocycles. The van der Waals surface area contributed by atoms with Crippen LogP contribution in [0.3, 0.4) is 0 Å². The third kappa shape index (κ3) is 3.32. The van der Waals surface area contributed by atoms with E-state index in [9.17, 15) is 4.79 Å². The van der Waals surface area contributed by atoms with E-state index in [1.165, 1.54) is 0 Å². The van der Waals surface area contributed by atoms with Gasteiger partial charge in [-0.15, -0.1) is 0 Å². The minimum Gasteiger partial charge on any atom is -0.490 e. The first-order valence-electron chi connectivity index (χ1n) is 7.44. The maximum absolute atomic E-state index is 10.7. The topological polar surface area (TPSA) is 59.4 Å². The molecule has 0 aliphatic heterocycles. The van der Waals surface area contributed by atoms with Gasteiger partial charge in [-0.2, -0.15) is 0 Å². The van der Waals surface area contributed by atoms with Crippen LogP contribution in [-0.4, -0.2) is 22.2 Å². The van der Waals surface area contributed by atoms with Crippen LogP contribution in [0.5, 0.6) is 5.75 Å². The lowest BCUT2D eigenvalue weighted by Gasteiger charge is -2.28. The molecule has 1 saturated carbocycles. The van der Waals surface area contributed by atoms with Gasteiger partial charge in [0.2, 0.25) is 0 Å². The van der Waals surface area contributed by atoms with E-state index in [2.05, 4.69) is 4.98 Å². The zero-order valence-corrected chi connectivity index (χ0v) is 11.9. The summed E-state index contributed by atoms with van der Waals surface area (Å²) in [4.78, 5) is 15.1. The van der Waals surface area contributed by atoms with E-state index in [0.29, 0.717) is 5.92 Å². The van der Waals surface area contributed by atoms with Crippen molar-refractivity contribution in [2.75, 3.05) is 0 Å². The summed E-state index contributed by atoms with van der Waals surface area (Å²) in [6, 6.07) is 9.86. The monoisotopic (exact) mass is 285 g/mol. The molecule has 1 N–H and O–H groups in total. The molecule has 110 valence electrons. The number of carboxylic acid groups (broad SMARTS) is 1. The summed E-state index contributed by atoms with van der Waals surface area (Å²) >= 11 is 0. The number of rotatable bonds is 4. The van der Waals surface area contributed by atoms with Crippen molar-refractivity contribution in [1.82, 2.24) is 4.98 Å². The second-order valence-electron chi connectivity index (χ2n) is 5.68. The molecule has 0 unspecified atom stereocenters. The molecule has 3 rings (SSSR count). The van der Waals surface area contributed by atoms with Gasteiger partial charge in [0.25, 0.3) is 0 Å². The second-order valence-corrected chi connectivity index (χ2v) is 5.68. The summed E-state index contributed by atoms with van der Waals surface area (Å²) in [7, 11) is 0. The van der Waals surface area contributed by atoms with Gasteiger partial charge < -0.3 is 9.84 Å². The fraction of sp³-hybridized carbons (Fsp3) is 0.412. The molecule has 1 aliphatic carbocycles. The van der Waals surface area contributed by atoms with Gasteiger partial charge in [0.15, 0.2) is 0 Å². The number of pyridine rings is 1. The van der Waals surface area contributed by atoms with Crippen molar-refractivity contribution >= 4 is 16.9 Å². The fourth-order valence-electron chi connectivity index (χ4n) is 3.05. The predicted octanol–water partition coefficient (Wildman–Crippen LogP) is 3.65. The smallest absolute Gasteiger partial charge is 0.303 e. The highest BCUT2D eigenvalue weighted by molar-refractivity contribution is 5.84. The molecular formula is C17H19NO3. The lowest BCUT2D eigenvalue weighted by Crippen LogP contribution is -2.25. The predicted molar refractivity (Wildman–Crippen MR) is 80.4 cm³/mol. The van der Waals surface area contributed by atoms with Crippen LogP contribution in [0.1, 0.15) is 32.1 Å². The summed E-state index contributed by atoms with van der Waals surface area (Å²) in [6.07, 6.45) is 5.95. The van der Waals surface area contributed by atoms with E-state index >= 15 is 0 Å². The maximum Gasteiger partial charge on any atom is 0.303 e. The minimum absolute atomic E-state index is 0.181. The number of aliphatic carboxylic acids is 1. The van der Waals surface area contributed by atoms with Crippen molar-refractivity contribution in [3.63, 3.8) is 0 Å². The highest BCUT2D eigenvalue weighted by Crippen LogP contribution is 2.31. The van der Waals surface area contributed by atoms with Gasteiger partial charge in [-0.25, -0.2) is 0 Å². The third-order valence-electron chi connectivity index (χ3n) is 4.16. The number of carboxylic acids is 1. The summed E-state index contributed by atoms with van der Waals surface area (Å²) in [6.45, 7) is 0. The van der Waals surface area contributed by atoms with Crippen LogP contribution in [0, 0.1) is 5.92 Å². The zero-order valence-electron chi connectivity index (χ0n) is 11.9. The van der Waals surface area contributed by atoms with Crippen molar-refractivity contribution in [3.8, 4) is 5.75 Å². The SMILES string of the molecule is O=C(O)CC1CCC(Oc2ccnc3ccccc23)CC1. The van der Waals surface area contributed by atoms with Gasteiger partial charge in [-0.3, -0.25) is 9.78 Å². The molecule has 0 saturated heterocycles. The Morgan fingerprint density at radius 2 is 1.95 bits per heavy atom. The number of aromatic nitrogens is 1. The van der Waals surface area contributed by atoms with E-state index in [0.717, 1.165) is 42.3 Å². The summed E-state index contributed by atoms with van der Waals surface area (Å²) in [5, 5.41) is 9.88. The summed E-state index contributed by atoms with van der Waals surface area (Å²) in [5.41, 5.74) is 0.939. The maximum atomic E-state index is 10.7. The standard InChI is InChI=1S/C17H19NO3/c19-17(20)11-12-5-7-13(8-6-12)21-16-9-10-18-15-4-2-1-3-14(15)16/h1-4,9-10,12-13H,5-8,11H2,(H,19,20). The largest absolute Gasteiger partial charge is 0.490 e. The number of ether oxygens (including phenoxy) is 1. The molecule has 1 aromatic heterocycles. The number of nitrogens with zero attached hydrogens (tertiary/aromatic N) is 1. The van der Waals surface area contributed by atoms with Gasteiger partial charge in [0, 0.05) is 18.0 Å². The van der Waals surface area contributed by atoms with Crippen LogP contribution in [0.2, 0.25) is 0 Å². The van der Waals surface area contributed by atoms with E-state index in [1.54, 1.807) is 6.20 Å². The van der Waals surface area contributed by atoms with Gasteiger partial charge in [-0.1, -0.05) is 12.1 Å². The third-order valence-corrected chi connectivity index (χ3v) is 4.16. The molecule has 0 amide bonds. The molecular weight excluding hydrogens is 266 g/mol. The van der Waals surface area contributed by atoms with Crippen LogP contribution in [-0.2, 0) is 4.79 Å². The van der Waals surface area contributed by atoms with Crippen molar-refractivity contribution in [2.24, 2.45) is 5.92 Å². The first-order chi connectivity index (χ1) is 10.2. The Morgan fingerprint density at radius 3 is 2.71 bits per heavy atom. The number of hydrogen-bond donors (Lipinski definition) is 1. The molecule has 0 spiro atoms. The number of carbonyl (C=O) groups is 1. The summed E-state index contributed by atoms with van der Waals surface area (Å²) < 4.78 is 6.13. The highest BCUT2D eigenvalue weighted by Gasteiger charge is 2.24. The lowest BCUT2D eigenvalue weighted by molar-refractivity contribution is -0.138. The first kappa shape index (κ1) is 13.9. The van der Waals surface area contributed by atoms with E-state index < -0.39 is 5.97 Å². The first-order valence-corrected chi connectivity index (χ1v) is 7.44. The van der Waals surface area contributed by atoms with Gasteiger partial charge >= 0.3 is 5.97 Å². The molecule has 4 heteroatoms. The molecule has 1 aromatic carbocycles. The van der Waals surface area contributed by atoms with Gasteiger partial charge in [0.05, 0.1) is 11.6 Å². The lowest BCUT2D eigenvalue weighted by atomic mass is 9.85. The van der Waals surface area contributed by atoms with Crippen molar-refractivity contribution in [1.29, 1.82) is 0 Å². The molecule has 0 atom stereocenters. The van der Waals surface area contributed by atoms with Crippen LogP contribution >= 0.6 is 0 Å². The average molecular weight is 285 g/mol. The Hall–Kier alpha value is -2.10. The molecule has 21 heavy (non-hydrogen) atoms. The average Bonchev–Trinajstić information content (AvgIpc) is 2.49. The molecule has 2 aromatic rings. The highest BCUT2D eigenvalue weighted by atomic mass is 16.5. The fourth-order valence-corrected chi connectivity index (χ4v) is 3.05. The van der Waals surface area contributed by atoms with E-state index in [4.69, 9.17) is 9.84 Å². The summed E-state index contributed by atoms with van der Waals surface area (Å²) in [5.74, 6) is 0.485. The van der Waals surface area contributed by atoms with Crippen LogP contribution in [0.15, 0.2) is 36.5 Å². The number of para-hydroxylation sites is 1. The van der Waals surface area contributed by atoms with Crippen molar-refractivity contribution in [3.05, 3.63) is 36.5 Å². The Bertz CT molecular complexity index is 627. The number of hydrogen-bond acceptors (Lipinski definition) is 3. The molecule has 1 fully saturated rings. The Balaban J connectivity index is 1.66. The Morgan fingerprint density at radius 1 is 1.19 bits per heavy atom. The number of benzene rings is 1. The van der Waals surface area contributed by atoms with E-state index in [1.807, 2.05) is 30.3 Å². The molecule has 1 aliphatic rings. The molecule has 0 bridgehead atoms. The van der Waals surface area contributed by atoms with Crippen molar-refractivity contribution in [2.45, 2.75) is 38.2 Å². The normalized spacial score (nSPS) is 22.1. The van der Waals surface area contributed by atoms with E-state index in [-0.39, 0.29) is 12.5 Å². The van der Waals surface area contributed by atoms with Gasteiger partial charge in [-0.05, 0) is 49.8 Å². The molecule has 4 nitrogen and oxygen atoms in total. The van der Waals surface area contributed by atoms with Crippen LogP contribution in [0.25, 0.3) is 10.9 Å². The minimum atomic E-state index is -0.695. The van der Waals surface area contributed by atoms with Crippen LogP contribution in [0.4, 0.5) is 0 Å². The molecule has 0 radical (unpaired) electrons. The second kappa shape index (κ2) is 6.12. The zero-order chi connectivity index (χ0) is 14.7. The Labute approximate surface area is 123 Å².